The van der Waals surface area contributed by atoms with Crippen molar-refractivity contribution in [3.8, 4) is 0 Å². The van der Waals surface area contributed by atoms with Gasteiger partial charge in [0.1, 0.15) is 0 Å². The Morgan fingerprint density at radius 3 is 2.59 bits per heavy atom. The zero-order valence-corrected chi connectivity index (χ0v) is 10.9. The quantitative estimate of drug-likeness (QED) is 0.817. The van der Waals surface area contributed by atoms with Crippen molar-refractivity contribution in [2.24, 2.45) is 11.8 Å². The third-order valence-electron chi connectivity index (χ3n) is 5.10. The average Bonchev–Trinajstić information content (AvgIpc) is 3.14. The first-order chi connectivity index (χ1) is 8.27. The summed E-state index contributed by atoms with van der Waals surface area (Å²) in [5, 5.41) is 10.1. The van der Waals surface area contributed by atoms with E-state index in [0.29, 0.717) is 5.92 Å². The SMILES string of the molecule is OC(CC1CCOC2(CCCCC2)C1)C1CC1. The molecule has 0 aromatic rings. The Bertz CT molecular complexity index is 248. The van der Waals surface area contributed by atoms with Crippen molar-refractivity contribution in [2.45, 2.75) is 75.9 Å². The van der Waals surface area contributed by atoms with Crippen LogP contribution in [0, 0.1) is 11.8 Å². The molecule has 1 saturated heterocycles. The summed E-state index contributed by atoms with van der Waals surface area (Å²) in [5.74, 6) is 1.36. The fourth-order valence-corrected chi connectivity index (χ4v) is 3.89. The van der Waals surface area contributed by atoms with E-state index in [-0.39, 0.29) is 11.7 Å². The van der Waals surface area contributed by atoms with Crippen LogP contribution in [0.15, 0.2) is 0 Å². The Labute approximate surface area is 105 Å². The predicted molar refractivity (Wildman–Crippen MR) is 67.8 cm³/mol. The zero-order valence-electron chi connectivity index (χ0n) is 10.9. The average molecular weight is 238 g/mol. The largest absolute Gasteiger partial charge is 0.393 e. The normalized spacial score (nSPS) is 34.8. The zero-order chi connectivity index (χ0) is 11.7. The van der Waals surface area contributed by atoms with Gasteiger partial charge < -0.3 is 9.84 Å². The van der Waals surface area contributed by atoms with E-state index >= 15 is 0 Å². The fourth-order valence-electron chi connectivity index (χ4n) is 3.89. The molecule has 0 radical (unpaired) electrons. The molecule has 1 aliphatic heterocycles. The van der Waals surface area contributed by atoms with Crippen molar-refractivity contribution in [1.29, 1.82) is 0 Å². The van der Waals surface area contributed by atoms with Crippen molar-refractivity contribution >= 4 is 0 Å². The molecule has 0 aromatic heterocycles. The second-order valence-corrected chi connectivity index (χ2v) is 6.59. The first-order valence-electron chi connectivity index (χ1n) is 7.59. The molecular formula is C15H26O2. The van der Waals surface area contributed by atoms with Gasteiger partial charge >= 0.3 is 0 Å². The first-order valence-corrected chi connectivity index (χ1v) is 7.59. The number of hydrogen-bond donors (Lipinski definition) is 1. The molecule has 1 heterocycles. The molecular weight excluding hydrogens is 212 g/mol. The molecule has 1 spiro atoms. The van der Waals surface area contributed by atoms with Crippen molar-refractivity contribution < 1.29 is 9.84 Å². The van der Waals surface area contributed by atoms with Crippen molar-refractivity contribution in [3.05, 3.63) is 0 Å². The maximum Gasteiger partial charge on any atom is 0.0685 e. The van der Waals surface area contributed by atoms with Crippen LogP contribution in [0.3, 0.4) is 0 Å². The van der Waals surface area contributed by atoms with Crippen LogP contribution in [0.2, 0.25) is 0 Å². The van der Waals surface area contributed by atoms with Crippen LogP contribution in [0.1, 0.15) is 64.2 Å². The molecule has 0 bridgehead atoms. The highest BCUT2D eigenvalue weighted by Gasteiger charge is 2.40. The smallest absolute Gasteiger partial charge is 0.0685 e. The van der Waals surface area contributed by atoms with Crippen LogP contribution < -0.4 is 0 Å². The second-order valence-electron chi connectivity index (χ2n) is 6.59. The molecule has 98 valence electrons. The van der Waals surface area contributed by atoms with Crippen molar-refractivity contribution in [2.75, 3.05) is 6.61 Å². The van der Waals surface area contributed by atoms with Gasteiger partial charge in [0.15, 0.2) is 0 Å². The van der Waals surface area contributed by atoms with Gasteiger partial charge in [0, 0.05) is 6.61 Å². The molecule has 0 aromatic carbocycles. The third-order valence-corrected chi connectivity index (χ3v) is 5.10. The van der Waals surface area contributed by atoms with E-state index in [9.17, 15) is 5.11 Å². The second kappa shape index (κ2) is 4.89. The molecule has 2 unspecified atom stereocenters. The van der Waals surface area contributed by atoms with E-state index in [0.717, 1.165) is 18.9 Å². The first kappa shape index (κ1) is 12.0. The van der Waals surface area contributed by atoms with E-state index in [2.05, 4.69) is 0 Å². The van der Waals surface area contributed by atoms with Gasteiger partial charge in [-0.05, 0) is 56.8 Å². The Balaban J connectivity index is 1.54. The molecule has 0 amide bonds. The van der Waals surface area contributed by atoms with E-state index in [4.69, 9.17) is 4.74 Å². The summed E-state index contributed by atoms with van der Waals surface area (Å²) in [6, 6.07) is 0. The van der Waals surface area contributed by atoms with Gasteiger partial charge in [-0.25, -0.2) is 0 Å². The van der Waals surface area contributed by atoms with Gasteiger partial charge in [-0.3, -0.25) is 0 Å². The molecule has 17 heavy (non-hydrogen) atoms. The van der Waals surface area contributed by atoms with Gasteiger partial charge in [-0.1, -0.05) is 19.3 Å². The lowest BCUT2D eigenvalue weighted by Gasteiger charge is -2.44. The van der Waals surface area contributed by atoms with E-state index in [1.165, 1.54) is 57.8 Å². The molecule has 2 nitrogen and oxygen atoms in total. The van der Waals surface area contributed by atoms with Gasteiger partial charge in [-0.2, -0.15) is 0 Å². The fraction of sp³-hybridized carbons (Fsp3) is 1.00. The summed E-state index contributed by atoms with van der Waals surface area (Å²) in [6.45, 7) is 0.933. The summed E-state index contributed by atoms with van der Waals surface area (Å²) in [5.41, 5.74) is 0.213. The van der Waals surface area contributed by atoms with Crippen LogP contribution in [-0.2, 0) is 4.74 Å². The minimum atomic E-state index is -0.0151. The standard InChI is InChI=1S/C15H26O2/c16-14(13-4-5-13)10-12-6-9-17-15(11-12)7-2-1-3-8-15/h12-14,16H,1-11H2. The van der Waals surface area contributed by atoms with Gasteiger partial charge in [0.2, 0.25) is 0 Å². The number of aliphatic hydroxyl groups excluding tert-OH is 1. The van der Waals surface area contributed by atoms with Crippen LogP contribution in [0.4, 0.5) is 0 Å². The molecule has 2 aliphatic carbocycles. The Kier molecular flexibility index (Phi) is 3.45. The Morgan fingerprint density at radius 1 is 1.12 bits per heavy atom. The lowest BCUT2D eigenvalue weighted by molar-refractivity contribution is -0.122. The number of ether oxygens (including phenoxy) is 1. The van der Waals surface area contributed by atoms with Crippen LogP contribution in [0.5, 0.6) is 0 Å². The minimum absolute atomic E-state index is 0.0151. The minimum Gasteiger partial charge on any atom is -0.393 e. The highest BCUT2D eigenvalue weighted by molar-refractivity contribution is 4.91. The van der Waals surface area contributed by atoms with Crippen LogP contribution in [-0.4, -0.2) is 23.4 Å². The number of rotatable bonds is 3. The maximum absolute atomic E-state index is 10.1. The maximum atomic E-state index is 10.1. The Morgan fingerprint density at radius 2 is 1.88 bits per heavy atom. The highest BCUT2D eigenvalue weighted by atomic mass is 16.5. The summed E-state index contributed by atoms with van der Waals surface area (Å²) >= 11 is 0. The van der Waals surface area contributed by atoms with Crippen molar-refractivity contribution in [3.63, 3.8) is 0 Å². The van der Waals surface area contributed by atoms with Crippen LogP contribution >= 0.6 is 0 Å². The summed E-state index contributed by atoms with van der Waals surface area (Å²) < 4.78 is 6.11. The van der Waals surface area contributed by atoms with Gasteiger partial charge in [0.05, 0.1) is 11.7 Å². The molecule has 3 rings (SSSR count). The molecule has 1 N–H and O–H groups in total. The monoisotopic (exact) mass is 238 g/mol. The summed E-state index contributed by atoms with van der Waals surface area (Å²) in [6.07, 6.45) is 12.5. The van der Waals surface area contributed by atoms with Gasteiger partial charge in [0.25, 0.3) is 0 Å². The topological polar surface area (TPSA) is 29.5 Å². The lowest BCUT2D eigenvalue weighted by atomic mass is 9.74. The van der Waals surface area contributed by atoms with E-state index in [1.807, 2.05) is 0 Å². The molecule has 3 fully saturated rings. The molecule has 2 saturated carbocycles. The summed E-state index contributed by atoms with van der Waals surface area (Å²) in [4.78, 5) is 0. The molecule has 3 aliphatic rings. The van der Waals surface area contributed by atoms with Crippen LogP contribution in [0.25, 0.3) is 0 Å². The molecule has 2 atom stereocenters. The number of hydrogen-bond acceptors (Lipinski definition) is 2. The predicted octanol–water partition coefficient (Wildman–Crippen LogP) is 3.28. The van der Waals surface area contributed by atoms with E-state index < -0.39 is 0 Å². The highest BCUT2D eigenvalue weighted by Crippen LogP contribution is 2.43. The molecule has 2 heteroatoms. The number of aliphatic hydroxyl groups is 1. The Hall–Kier alpha value is -0.0800. The lowest BCUT2D eigenvalue weighted by Crippen LogP contribution is -2.42. The summed E-state index contributed by atoms with van der Waals surface area (Å²) in [7, 11) is 0. The third kappa shape index (κ3) is 2.85. The van der Waals surface area contributed by atoms with E-state index in [1.54, 1.807) is 0 Å². The van der Waals surface area contributed by atoms with Crippen molar-refractivity contribution in [1.82, 2.24) is 0 Å². The van der Waals surface area contributed by atoms with Gasteiger partial charge in [-0.15, -0.1) is 0 Å².